The molecule has 0 aromatic rings. The first-order chi connectivity index (χ1) is 6.82. The first-order valence-electron chi connectivity index (χ1n) is 4.74. The van der Waals surface area contributed by atoms with E-state index in [0.29, 0.717) is 12.8 Å². The molecule has 0 saturated heterocycles. The quantitative estimate of drug-likeness (QED) is 0.570. The smallest absolute Gasteiger partial charge is 0.336 e. The van der Waals surface area contributed by atoms with E-state index in [1.54, 1.807) is 0 Å². The van der Waals surface area contributed by atoms with Gasteiger partial charge in [-0.05, 0) is 19.8 Å². The van der Waals surface area contributed by atoms with E-state index in [1.807, 2.05) is 6.92 Å². The largest absolute Gasteiger partial charge is 0.467 e. The van der Waals surface area contributed by atoms with Gasteiger partial charge in [-0.15, -0.1) is 0 Å². The molecule has 0 radical (unpaired) electrons. The second-order valence-corrected chi connectivity index (χ2v) is 7.06. The van der Waals surface area contributed by atoms with Gasteiger partial charge in [-0.3, -0.25) is 4.79 Å². The highest BCUT2D eigenvalue weighted by Crippen LogP contribution is 2.41. The SMILES string of the molecule is CCCC(=O)NC(C(=O)OC)P(C)(C)=O. The molecule has 1 amide bonds. The fourth-order valence-corrected chi connectivity index (χ4v) is 2.10. The maximum absolute atomic E-state index is 11.7. The predicted octanol–water partition coefficient (Wildman–Crippen LogP) is 1.02. The monoisotopic (exact) mass is 235 g/mol. The topological polar surface area (TPSA) is 72.5 Å². The summed E-state index contributed by atoms with van der Waals surface area (Å²) in [5.74, 6) is -1.97. The summed E-state index contributed by atoms with van der Waals surface area (Å²) in [4.78, 5) is 22.6. The summed E-state index contributed by atoms with van der Waals surface area (Å²) < 4.78 is 16.2. The van der Waals surface area contributed by atoms with Gasteiger partial charge in [0.15, 0.2) is 5.78 Å². The van der Waals surface area contributed by atoms with E-state index in [1.165, 1.54) is 20.4 Å². The van der Waals surface area contributed by atoms with Crippen LogP contribution in [-0.4, -0.2) is 38.1 Å². The minimum Gasteiger partial charge on any atom is -0.467 e. The van der Waals surface area contributed by atoms with Crippen LogP contribution in [0.2, 0.25) is 0 Å². The maximum atomic E-state index is 11.7. The van der Waals surface area contributed by atoms with Crippen LogP contribution in [0.25, 0.3) is 0 Å². The second-order valence-electron chi connectivity index (χ2n) is 3.68. The van der Waals surface area contributed by atoms with Gasteiger partial charge in [-0.25, -0.2) is 4.79 Å². The molecular weight excluding hydrogens is 217 g/mol. The molecule has 0 aliphatic carbocycles. The van der Waals surface area contributed by atoms with Gasteiger partial charge in [0.05, 0.1) is 7.11 Å². The number of rotatable bonds is 5. The lowest BCUT2D eigenvalue weighted by molar-refractivity contribution is -0.142. The molecule has 0 aromatic carbocycles. The fraction of sp³-hybridized carbons (Fsp3) is 0.778. The van der Waals surface area contributed by atoms with E-state index < -0.39 is 18.9 Å². The number of ether oxygens (including phenoxy) is 1. The van der Waals surface area contributed by atoms with Crippen LogP contribution >= 0.6 is 7.14 Å². The van der Waals surface area contributed by atoms with E-state index in [0.717, 1.165) is 0 Å². The molecule has 1 N–H and O–H groups in total. The summed E-state index contributed by atoms with van der Waals surface area (Å²) in [5.41, 5.74) is 0. The lowest BCUT2D eigenvalue weighted by Gasteiger charge is -2.20. The van der Waals surface area contributed by atoms with Crippen molar-refractivity contribution in [2.45, 2.75) is 25.5 Å². The van der Waals surface area contributed by atoms with Gasteiger partial charge in [-0.2, -0.15) is 0 Å². The van der Waals surface area contributed by atoms with Crippen molar-refractivity contribution in [3.8, 4) is 0 Å². The molecular formula is C9H18NO4P. The lowest BCUT2D eigenvalue weighted by atomic mass is 10.3. The zero-order valence-corrected chi connectivity index (χ0v) is 10.5. The van der Waals surface area contributed by atoms with Crippen LogP contribution in [0.3, 0.4) is 0 Å². The van der Waals surface area contributed by atoms with Crippen molar-refractivity contribution in [1.29, 1.82) is 0 Å². The van der Waals surface area contributed by atoms with Crippen molar-refractivity contribution in [3.05, 3.63) is 0 Å². The van der Waals surface area contributed by atoms with Crippen molar-refractivity contribution in [2.24, 2.45) is 0 Å². The van der Waals surface area contributed by atoms with Crippen LogP contribution in [0.4, 0.5) is 0 Å². The number of hydrogen-bond acceptors (Lipinski definition) is 4. The van der Waals surface area contributed by atoms with E-state index in [9.17, 15) is 14.2 Å². The number of amides is 1. The zero-order valence-electron chi connectivity index (χ0n) is 9.57. The molecule has 15 heavy (non-hydrogen) atoms. The van der Waals surface area contributed by atoms with Gasteiger partial charge in [0.25, 0.3) is 0 Å². The van der Waals surface area contributed by atoms with Crippen LogP contribution < -0.4 is 5.32 Å². The molecule has 6 heteroatoms. The van der Waals surface area contributed by atoms with Crippen molar-refractivity contribution >= 4 is 19.0 Å². The fourth-order valence-electron chi connectivity index (χ4n) is 1.03. The van der Waals surface area contributed by atoms with Crippen LogP contribution in [0.15, 0.2) is 0 Å². The Bertz CT molecular complexity index is 284. The molecule has 5 nitrogen and oxygen atoms in total. The zero-order chi connectivity index (χ0) is 12.1. The first kappa shape index (κ1) is 14.2. The standard InChI is InChI=1S/C9H18NO4P/c1-5-6-7(11)10-8(9(12)14-2)15(3,4)13/h8H,5-6H2,1-4H3,(H,10,11). The van der Waals surface area contributed by atoms with E-state index in [2.05, 4.69) is 10.1 Å². The molecule has 1 unspecified atom stereocenters. The second kappa shape index (κ2) is 5.91. The highest BCUT2D eigenvalue weighted by molar-refractivity contribution is 7.64. The Morgan fingerprint density at radius 3 is 2.27 bits per heavy atom. The minimum atomic E-state index is -2.73. The molecule has 1 atom stereocenters. The average molecular weight is 235 g/mol. The molecule has 0 heterocycles. The van der Waals surface area contributed by atoms with Crippen LogP contribution in [0.5, 0.6) is 0 Å². The Morgan fingerprint density at radius 2 is 1.93 bits per heavy atom. The number of nitrogens with one attached hydrogen (secondary N) is 1. The summed E-state index contributed by atoms with van der Waals surface area (Å²) in [7, 11) is -1.53. The van der Waals surface area contributed by atoms with Gasteiger partial charge >= 0.3 is 5.97 Å². The molecule has 0 aliphatic rings. The molecule has 0 bridgehead atoms. The summed E-state index contributed by atoms with van der Waals surface area (Å²) in [6.07, 6.45) is 0.991. The number of carbonyl (C=O) groups is 2. The molecule has 0 aliphatic heterocycles. The van der Waals surface area contributed by atoms with Gasteiger partial charge in [0, 0.05) is 6.42 Å². The number of esters is 1. The van der Waals surface area contributed by atoms with Crippen molar-refractivity contribution in [2.75, 3.05) is 20.4 Å². The molecule has 0 saturated carbocycles. The Labute approximate surface area is 89.9 Å². The molecule has 0 rings (SSSR count). The highest BCUT2D eigenvalue weighted by atomic mass is 31.2. The van der Waals surface area contributed by atoms with Gasteiger partial charge in [-0.1, -0.05) is 6.92 Å². The third-order valence-electron chi connectivity index (χ3n) is 1.82. The van der Waals surface area contributed by atoms with Gasteiger partial charge < -0.3 is 14.6 Å². The summed E-state index contributed by atoms with van der Waals surface area (Å²) in [6, 6.07) is 0. The Hall–Kier alpha value is -0.830. The Morgan fingerprint density at radius 1 is 1.40 bits per heavy atom. The highest BCUT2D eigenvalue weighted by Gasteiger charge is 2.32. The van der Waals surface area contributed by atoms with Crippen LogP contribution in [0, 0.1) is 0 Å². The molecule has 0 fully saturated rings. The normalized spacial score (nSPS) is 13.1. The molecule has 0 spiro atoms. The van der Waals surface area contributed by atoms with Crippen molar-refractivity contribution in [1.82, 2.24) is 5.32 Å². The molecule has 88 valence electrons. The number of carbonyl (C=O) groups excluding carboxylic acids is 2. The van der Waals surface area contributed by atoms with Crippen molar-refractivity contribution < 1.29 is 18.9 Å². The Balaban J connectivity index is 4.60. The van der Waals surface area contributed by atoms with Gasteiger partial charge in [0.1, 0.15) is 7.14 Å². The third-order valence-corrected chi connectivity index (χ3v) is 3.40. The predicted molar refractivity (Wildman–Crippen MR) is 58.3 cm³/mol. The lowest BCUT2D eigenvalue weighted by Crippen LogP contribution is -2.40. The first-order valence-corrected chi connectivity index (χ1v) is 7.41. The minimum absolute atomic E-state index is 0.281. The van der Waals surface area contributed by atoms with Crippen LogP contribution in [0.1, 0.15) is 19.8 Å². The molecule has 0 aromatic heterocycles. The maximum Gasteiger partial charge on any atom is 0.336 e. The van der Waals surface area contributed by atoms with Gasteiger partial charge in [0.2, 0.25) is 5.91 Å². The van der Waals surface area contributed by atoms with E-state index in [-0.39, 0.29) is 5.91 Å². The average Bonchev–Trinajstić information content (AvgIpc) is 2.12. The summed E-state index contributed by atoms with van der Waals surface area (Å²) in [6.45, 7) is 4.74. The summed E-state index contributed by atoms with van der Waals surface area (Å²) in [5, 5.41) is 2.43. The number of methoxy groups -OCH3 is 1. The summed E-state index contributed by atoms with van der Waals surface area (Å²) >= 11 is 0. The number of hydrogen-bond donors (Lipinski definition) is 1. The Kier molecular flexibility index (Phi) is 5.58. The van der Waals surface area contributed by atoms with E-state index >= 15 is 0 Å². The van der Waals surface area contributed by atoms with E-state index in [4.69, 9.17) is 0 Å². The van der Waals surface area contributed by atoms with Crippen molar-refractivity contribution in [3.63, 3.8) is 0 Å². The van der Waals surface area contributed by atoms with Crippen LogP contribution in [-0.2, 0) is 18.9 Å². The third kappa shape index (κ3) is 4.98.